The van der Waals surface area contributed by atoms with Crippen LogP contribution in [0.1, 0.15) is 38.5 Å². The van der Waals surface area contributed by atoms with E-state index in [9.17, 15) is 4.79 Å². The Labute approximate surface area is 106 Å². The van der Waals surface area contributed by atoms with E-state index in [0.717, 1.165) is 18.8 Å². The minimum atomic E-state index is -1.48. The number of fused-ring (bicyclic) bond motifs is 1. The molecule has 0 heterocycles. The maximum Gasteiger partial charge on any atom is 0.183 e. The Morgan fingerprint density at radius 3 is 2.59 bits per heavy atom. The minimum absolute atomic E-state index is 0.223. The van der Waals surface area contributed by atoms with Crippen LogP contribution in [0.2, 0.25) is 19.6 Å². The third-order valence-electron chi connectivity index (χ3n) is 4.36. The highest BCUT2D eigenvalue weighted by Gasteiger charge is 2.40. The molecule has 98 valence electrons. The summed E-state index contributed by atoms with van der Waals surface area (Å²) in [5, 5.41) is 0. The summed E-state index contributed by atoms with van der Waals surface area (Å²) in [4.78, 5) is 12.1. The second kappa shape index (κ2) is 5.23. The van der Waals surface area contributed by atoms with Crippen LogP contribution in [0.15, 0.2) is 0 Å². The Morgan fingerprint density at radius 2 is 1.88 bits per heavy atom. The van der Waals surface area contributed by atoms with Crippen LogP contribution in [-0.4, -0.2) is 20.7 Å². The molecule has 0 N–H and O–H groups in total. The zero-order valence-corrected chi connectivity index (χ0v) is 12.5. The Balaban J connectivity index is 1.98. The maximum absolute atomic E-state index is 12.1. The zero-order valence-electron chi connectivity index (χ0n) is 11.5. The standard InChI is InChI=1S/C14H26O2Si/c1-17(2,3)16-10-13-12-7-5-4-6-11(12)8-9-14(13)15/h11-13H,4-10H2,1-3H3. The molecular formula is C14H26O2Si. The summed E-state index contributed by atoms with van der Waals surface area (Å²) in [6, 6.07) is 0. The first kappa shape index (κ1) is 13.3. The quantitative estimate of drug-likeness (QED) is 0.719. The fraction of sp³-hybridized carbons (Fsp3) is 0.929. The monoisotopic (exact) mass is 254 g/mol. The first-order valence-electron chi connectivity index (χ1n) is 7.14. The fourth-order valence-corrected chi connectivity index (χ4v) is 4.11. The highest BCUT2D eigenvalue weighted by molar-refractivity contribution is 6.69. The Morgan fingerprint density at radius 1 is 1.18 bits per heavy atom. The van der Waals surface area contributed by atoms with Gasteiger partial charge in [-0.05, 0) is 44.3 Å². The van der Waals surface area contributed by atoms with Crippen molar-refractivity contribution in [3.8, 4) is 0 Å². The van der Waals surface area contributed by atoms with E-state index in [-0.39, 0.29) is 5.92 Å². The molecule has 0 aromatic rings. The number of Topliss-reactive ketones (excluding diaryl/α,β-unsaturated/α-hetero) is 1. The first-order chi connectivity index (χ1) is 7.97. The van der Waals surface area contributed by atoms with Crippen LogP contribution in [0.5, 0.6) is 0 Å². The predicted molar refractivity (Wildman–Crippen MR) is 72.5 cm³/mol. The summed E-state index contributed by atoms with van der Waals surface area (Å²) in [6.45, 7) is 7.33. The molecule has 3 atom stereocenters. The predicted octanol–water partition coefficient (Wildman–Crippen LogP) is 3.62. The smallest absolute Gasteiger partial charge is 0.183 e. The van der Waals surface area contributed by atoms with E-state index in [1.807, 2.05) is 0 Å². The average Bonchev–Trinajstić information content (AvgIpc) is 2.26. The van der Waals surface area contributed by atoms with Crippen molar-refractivity contribution in [2.24, 2.45) is 17.8 Å². The lowest BCUT2D eigenvalue weighted by Gasteiger charge is -2.41. The molecule has 17 heavy (non-hydrogen) atoms. The molecule has 2 aliphatic carbocycles. The Bertz CT molecular complexity index is 282. The van der Waals surface area contributed by atoms with Gasteiger partial charge in [0.15, 0.2) is 8.32 Å². The SMILES string of the molecule is C[Si](C)(C)OCC1C(=O)CCC2CCCCC21. The molecule has 0 aliphatic heterocycles. The van der Waals surface area contributed by atoms with Crippen molar-refractivity contribution in [1.82, 2.24) is 0 Å². The number of carbonyl (C=O) groups is 1. The van der Waals surface area contributed by atoms with Gasteiger partial charge in [-0.15, -0.1) is 0 Å². The topological polar surface area (TPSA) is 26.3 Å². The van der Waals surface area contributed by atoms with Gasteiger partial charge in [-0.1, -0.05) is 19.3 Å². The summed E-state index contributed by atoms with van der Waals surface area (Å²) < 4.78 is 6.01. The number of hydrogen-bond donors (Lipinski definition) is 0. The summed E-state index contributed by atoms with van der Waals surface area (Å²) >= 11 is 0. The van der Waals surface area contributed by atoms with Gasteiger partial charge in [0.05, 0.1) is 0 Å². The Hall–Kier alpha value is -0.153. The number of rotatable bonds is 3. The molecule has 0 aromatic carbocycles. The van der Waals surface area contributed by atoms with Crippen LogP contribution < -0.4 is 0 Å². The van der Waals surface area contributed by atoms with E-state index in [1.54, 1.807) is 0 Å². The molecule has 2 saturated carbocycles. The molecular weight excluding hydrogens is 228 g/mol. The Kier molecular flexibility index (Phi) is 4.09. The summed E-state index contributed by atoms with van der Waals surface area (Å²) in [6.07, 6.45) is 7.25. The van der Waals surface area contributed by atoms with Crippen LogP contribution in [0.3, 0.4) is 0 Å². The van der Waals surface area contributed by atoms with Crippen molar-refractivity contribution in [1.29, 1.82) is 0 Å². The van der Waals surface area contributed by atoms with Crippen molar-refractivity contribution in [3.63, 3.8) is 0 Å². The van der Waals surface area contributed by atoms with Gasteiger partial charge in [0.25, 0.3) is 0 Å². The molecule has 0 radical (unpaired) electrons. The van der Waals surface area contributed by atoms with E-state index in [0.29, 0.717) is 18.3 Å². The second-order valence-electron chi connectivity index (χ2n) is 6.74. The van der Waals surface area contributed by atoms with Crippen molar-refractivity contribution in [2.75, 3.05) is 6.61 Å². The van der Waals surface area contributed by atoms with Gasteiger partial charge >= 0.3 is 0 Å². The molecule has 3 unspecified atom stereocenters. The highest BCUT2D eigenvalue weighted by atomic mass is 28.4. The lowest BCUT2D eigenvalue weighted by Crippen LogP contribution is -2.41. The van der Waals surface area contributed by atoms with Crippen LogP contribution in [0.25, 0.3) is 0 Å². The largest absolute Gasteiger partial charge is 0.417 e. The van der Waals surface area contributed by atoms with Crippen molar-refractivity contribution < 1.29 is 9.22 Å². The third kappa shape index (κ3) is 3.41. The minimum Gasteiger partial charge on any atom is -0.417 e. The van der Waals surface area contributed by atoms with Crippen LogP contribution in [-0.2, 0) is 9.22 Å². The van der Waals surface area contributed by atoms with Crippen LogP contribution >= 0.6 is 0 Å². The normalized spacial score (nSPS) is 34.5. The molecule has 0 spiro atoms. The van der Waals surface area contributed by atoms with Gasteiger partial charge in [-0.2, -0.15) is 0 Å². The fourth-order valence-electron chi connectivity index (χ4n) is 3.43. The summed E-state index contributed by atoms with van der Waals surface area (Å²) in [5.41, 5.74) is 0. The van der Waals surface area contributed by atoms with Crippen molar-refractivity contribution in [2.45, 2.75) is 58.2 Å². The molecule has 0 saturated heterocycles. The van der Waals surface area contributed by atoms with Crippen molar-refractivity contribution in [3.05, 3.63) is 0 Å². The number of ketones is 1. The molecule has 2 aliphatic rings. The van der Waals surface area contributed by atoms with Crippen LogP contribution in [0.4, 0.5) is 0 Å². The van der Waals surface area contributed by atoms with Gasteiger partial charge in [0.1, 0.15) is 5.78 Å². The zero-order chi connectivity index (χ0) is 12.5. The average molecular weight is 254 g/mol. The number of hydrogen-bond acceptors (Lipinski definition) is 2. The number of carbonyl (C=O) groups excluding carboxylic acids is 1. The van der Waals surface area contributed by atoms with Crippen molar-refractivity contribution >= 4 is 14.1 Å². The maximum atomic E-state index is 12.1. The van der Waals surface area contributed by atoms with E-state index in [2.05, 4.69) is 19.6 Å². The molecule has 0 bridgehead atoms. The highest BCUT2D eigenvalue weighted by Crippen LogP contribution is 2.42. The summed E-state index contributed by atoms with van der Waals surface area (Å²) in [7, 11) is -1.48. The van der Waals surface area contributed by atoms with Gasteiger partial charge in [0.2, 0.25) is 0 Å². The third-order valence-corrected chi connectivity index (χ3v) is 5.39. The molecule has 2 fully saturated rings. The summed E-state index contributed by atoms with van der Waals surface area (Å²) in [5.74, 6) is 2.16. The van der Waals surface area contributed by atoms with E-state index in [1.165, 1.54) is 25.7 Å². The van der Waals surface area contributed by atoms with Gasteiger partial charge in [-0.3, -0.25) is 4.79 Å². The first-order valence-corrected chi connectivity index (χ1v) is 10.5. The van der Waals surface area contributed by atoms with E-state index < -0.39 is 8.32 Å². The molecule has 0 aromatic heterocycles. The second-order valence-corrected chi connectivity index (χ2v) is 11.3. The molecule has 2 nitrogen and oxygen atoms in total. The lowest BCUT2D eigenvalue weighted by atomic mass is 9.65. The lowest BCUT2D eigenvalue weighted by molar-refractivity contribution is -0.131. The molecule has 3 heteroatoms. The van der Waals surface area contributed by atoms with Gasteiger partial charge in [0, 0.05) is 18.9 Å². The van der Waals surface area contributed by atoms with Gasteiger partial charge in [-0.25, -0.2) is 0 Å². The van der Waals surface area contributed by atoms with Crippen LogP contribution in [0, 0.1) is 17.8 Å². The van der Waals surface area contributed by atoms with Gasteiger partial charge < -0.3 is 4.43 Å². The van der Waals surface area contributed by atoms with E-state index >= 15 is 0 Å². The molecule has 0 amide bonds. The van der Waals surface area contributed by atoms with E-state index in [4.69, 9.17) is 4.43 Å². The molecule has 2 rings (SSSR count).